The van der Waals surface area contributed by atoms with Gasteiger partial charge in [-0.05, 0) is 65.5 Å². The van der Waals surface area contributed by atoms with Crippen LogP contribution in [0.25, 0.3) is 0 Å². The summed E-state index contributed by atoms with van der Waals surface area (Å²) in [6.45, 7) is 3.36. The van der Waals surface area contributed by atoms with Crippen molar-refractivity contribution in [1.82, 2.24) is 4.90 Å². The molecule has 0 aromatic heterocycles. The number of likely N-dealkylation sites (tertiary alicyclic amines) is 1. The molecule has 2 aromatic rings. The molecule has 140 valence electrons. The number of carbonyl (C=O) groups excluding carboxylic acids is 2. The molecular weight excluding hydrogens is 424 g/mol. The predicted octanol–water partition coefficient (Wildman–Crippen LogP) is 4.47. The molecule has 2 amide bonds. The van der Waals surface area contributed by atoms with Crippen LogP contribution in [0.1, 0.15) is 28.8 Å². The molecule has 27 heavy (non-hydrogen) atoms. The SMILES string of the molecule is Cc1cccc(N2C(=O)CSC23CCN(C(=O)c2ccccc2Br)CC3)c1. The highest BCUT2D eigenvalue weighted by molar-refractivity contribution is 9.10. The van der Waals surface area contributed by atoms with Gasteiger partial charge < -0.3 is 4.90 Å². The fourth-order valence-corrected chi connectivity index (χ4v) is 5.71. The Morgan fingerprint density at radius 2 is 1.85 bits per heavy atom. The Bertz CT molecular complexity index is 893. The number of benzene rings is 2. The van der Waals surface area contributed by atoms with Gasteiger partial charge in [-0.15, -0.1) is 11.8 Å². The van der Waals surface area contributed by atoms with Crippen LogP contribution in [0.5, 0.6) is 0 Å². The Kier molecular flexibility index (Phi) is 5.03. The third-order valence-corrected chi connectivity index (χ3v) is 7.53. The summed E-state index contributed by atoms with van der Waals surface area (Å²) >= 11 is 5.20. The number of amides is 2. The number of thioether (sulfide) groups is 1. The molecule has 0 aliphatic carbocycles. The summed E-state index contributed by atoms with van der Waals surface area (Å²) in [5.74, 6) is 0.719. The van der Waals surface area contributed by atoms with Gasteiger partial charge >= 0.3 is 0 Å². The van der Waals surface area contributed by atoms with Gasteiger partial charge in [-0.3, -0.25) is 14.5 Å². The average molecular weight is 445 g/mol. The number of hydrogen-bond acceptors (Lipinski definition) is 3. The molecule has 2 aromatic carbocycles. The van der Waals surface area contributed by atoms with E-state index < -0.39 is 0 Å². The summed E-state index contributed by atoms with van der Waals surface area (Å²) in [4.78, 5) is 29.2. The molecule has 6 heteroatoms. The van der Waals surface area contributed by atoms with Crippen molar-refractivity contribution in [2.75, 3.05) is 23.7 Å². The molecule has 2 saturated heterocycles. The second-order valence-corrected chi connectivity index (χ2v) is 9.27. The lowest BCUT2D eigenvalue weighted by Crippen LogP contribution is -2.53. The van der Waals surface area contributed by atoms with Crippen LogP contribution in [0.4, 0.5) is 5.69 Å². The minimum Gasteiger partial charge on any atom is -0.338 e. The van der Waals surface area contributed by atoms with Gasteiger partial charge in [0.2, 0.25) is 5.91 Å². The van der Waals surface area contributed by atoms with Crippen molar-refractivity contribution >= 4 is 45.2 Å². The van der Waals surface area contributed by atoms with E-state index in [1.165, 1.54) is 0 Å². The first kappa shape index (κ1) is 18.6. The summed E-state index contributed by atoms with van der Waals surface area (Å²) in [5, 5.41) is 0. The second kappa shape index (κ2) is 7.32. The molecule has 1 spiro atoms. The number of rotatable bonds is 2. The Labute approximate surface area is 172 Å². The molecule has 0 radical (unpaired) electrons. The van der Waals surface area contributed by atoms with E-state index in [4.69, 9.17) is 0 Å². The largest absolute Gasteiger partial charge is 0.338 e. The van der Waals surface area contributed by atoms with Gasteiger partial charge in [-0.25, -0.2) is 0 Å². The Balaban J connectivity index is 1.54. The molecular formula is C21H21BrN2O2S. The number of piperidine rings is 1. The summed E-state index contributed by atoms with van der Waals surface area (Å²) in [5.41, 5.74) is 2.81. The fraction of sp³-hybridized carbons (Fsp3) is 0.333. The molecule has 0 saturated carbocycles. The number of carbonyl (C=O) groups is 2. The van der Waals surface area contributed by atoms with Gasteiger partial charge in [0, 0.05) is 23.2 Å². The van der Waals surface area contributed by atoms with Gasteiger partial charge in [0.1, 0.15) is 0 Å². The van der Waals surface area contributed by atoms with Crippen molar-refractivity contribution in [2.24, 2.45) is 0 Å². The van der Waals surface area contributed by atoms with E-state index in [0.717, 1.165) is 28.6 Å². The van der Waals surface area contributed by atoms with Gasteiger partial charge in [-0.1, -0.05) is 24.3 Å². The lowest BCUT2D eigenvalue weighted by atomic mass is 10.00. The van der Waals surface area contributed by atoms with Crippen LogP contribution < -0.4 is 4.90 Å². The summed E-state index contributed by atoms with van der Waals surface area (Å²) in [7, 11) is 0. The fourth-order valence-electron chi connectivity index (χ4n) is 3.93. The predicted molar refractivity (Wildman–Crippen MR) is 113 cm³/mol. The topological polar surface area (TPSA) is 40.6 Å². The molecule has 2 heterocycles. The van der Waals surface area contributed by atoms with Crippen molar-refractivity contribution in [3.63, 3.8) is 0 Å². The Morgan fingerprint density at radius 3 is 2.56 bits per heavy atom. The zero-order valence-electron chi connectivity index (χ0n) is 15.2. The van der Waals surface area contributed by atoms with Crippen LogP contribution in [0.2, 0.25) is 0 Å². The van der Waals surface area contributed by atoms with E-state index in [2.05, 4.69) is 22.0 Å². The maximum Gasteiger partial charge on any atom is 0.255 e. The number of nitrogens with zero attached hydrogens (tertiary/aromatic N) is 2. The van der Waals surface area contributed by atoms with Crippen molar-refractivity contribution < 1.29 is 9.59 Å². The summed E-state index contributed by atoms with van der Waals surface area (Å²) in [6, 6.07) is 15.7. The number of hydrogen-bond donors (Lipinski definition) is 0. The molecule has 0 N–H and O–H groups in total. The monoisotopic (exact) mass is 444 g/mol. The van der Waals surface area contributed by atoms with Crippen LogP contribution in [-0.4, -0.2) is 40.4 Å². The van der Waals surface area contributed by atoms with Gasteiger partial charge in [0.25, 0.3) is 5.91 Å². The molecule has 0 unspecified atom stereocenters. The Hall–Kier alpha value is -1.79. The highest BCUT2D eigenvalue weighted by atomic mass is 79.9. The zero-order chi connectivity index (χ0) is 19.0. The van der Waals surface area contributed by atoms with Crippen molar-refractivity contribution in [1.29, 1.82) is 0 Å². The van der Waals surface area contributed by atoms with Gasteiger partial charge in [0.05, 0.1) is 16.2 Å². The smallest absolute Gasteiger partial charge is 0.255 e. The standard InChI is InChI=1S/C21H21BrN2O2S/c1-15-5-4-6-16(13-15)24-19(25)14-27-21(24)9-11-23(12-10-21)20(26)17-7-2-3-8-18(17)22/h2-8,13H,9-12,14H2,1H3. The van der Waals surface area contributed by atoms with E-state index in [1.54, 1.807) is 11.8 Å². The Morgan fingerprint density at radius 1 is 1.11 bits per heavy atom. The zero-order valence-corrected chi connectivity index (χ0v) is 17.6. The highest BCUT2D eigenvalue weighted by Gasteiger charge is 2.49. The average Bonchev–Trinajstić information content (AvgIpc) is 2.98. The third-order valence-electron chi connectivity index (χ3n) is 5.32. The lowest BCUT2D eigenvalue weighted by Gasteiger charge is -2.44. The van der Waals surface area contributed by atoms with E-state index in [0.29, 0.717) is 24.4 Å². The van der Waals surface area contributed by atoms with Crippen molar-refractivity contribution in [2.45, 2.75) is 24.6 Å². The molecule has 2 aliphatic rings. The van der Waals surface area contributed by atoms with Crippen molar-refractivity contribution in [3.8, 4) is 0 Å². The van der Waals surface area contributed by atoms with Crippen LogP contribution in [0, 0.1) is 6.92 Å². The van der Waals surface area contributed by atoms with Gasteiger partial charge in [0.15, 0.2) is 0 Å². The minimum absolute atomic E-state index is 0.0498. The van der Waals surface area contributed by atoms with Crippen LogP contribution in [0.15, 0.2) is 53.0 Å². The van der Waals surface area contributed by atoms with E-state index in [9.17, 15) is 9.59 Å². The molecule has 2 aliphatic heterocycles. The van der Waals surface area contributed by atoms with E-state index in [-0.39, 0.29) is 16.7 Å². The number of anilines is 1. The summed E-state index contributed by atoms with van der Waals surface area (Å²) < 4.78 is 0.821. The van der Waals surface area contributed by atoms with E-state index >= 15 is 0 Å². The number of aryl methyl sites for hydroxylation is 1. The first-order valence-electron chi connectivity index (χ1n) is 9.08. The molecule has 4 rings (SSSR count). The van der Waals surface area contributed by atoms with Crippen LogP contribution in [-0.2, 0) is 4.79 Å². The molecule has 0 atom stereocenters. The maximum atomic E-state index is 12.9. The minimum atomic E-state index is -0.240. The molecule has 4 nitrogen and oxygen atoms in total. The molecule has 0 bridgehead atoms. The molecule has 2 fully saturated rings. The quantitative estimate of drug-likeness (QED) is 0.685. The summed E-state index contributed by atoms with van der Waals surface area (Å²) in [6.07, 6.45) is 1.57. The highest BCUT2D eigenvalue weighted by Crippen LogP contribution is 2.47. The first-order valence-corrected chi connectivity index (χ1v) is 10.9. The lowest BCUT2D eigenvalue weighted by molar-refractivity contribution is -0.116. The normalized spacial score (nSPS) is 19.0. The van der Waals surface area contributed by atoms with Crippen LogP contribution >= 0.6 is 27.7 Å². The maximum absolute atomic E-state index is 12.9. The van der Waals surface area contributed by atoms with Crippen molar-refractivity contribution in [3.05, 3.63) is 64.1 Å². The van der Waals surface area contributed by atoms with Gasteiger partial charge in [-0.2, -0.15) is 0 Å². The van der Waals surface area contributed by atoms with E-state index in [1.807, 2.05) is 59.2 Å². The first-order chi connectivity index (χ1) is 13.0. The van der Waals surface area contributed by atoms with Crippen LogP contribution in [0.3, 0.4) is 0 Å². The second-order valence-electron chi connectivity index (χ2n) is 7.08. The third kappa shape index (κ3) is 3.41. The number of halogens is 1.